The van der Waals surface area contributed by atoms with Crippen LogP contribution in [0.3, 0.4) is 0 Å². The number of hydrogen-bond acceptors (Lipinski definition) is 15. The summed E-state index contributed by atoms with van der Waals surface area (Å²) in [4.78, 5) is 80.2. The number of hydrogen-bond donors (Lipinski definition) is 0. The van der Waals surface area contributed by atoms with Gasteiger partial charge in [0.2, 0.25) is 0 Å². The highest BCUT2D eigenvalue weighted by Gasteiger charge is 2.65. The predicted molar refractivity (Wildman–Crippen MR) is 185 cm³/mol. The van der Waals surface area contributed by atoms with Gasteiger partial charge in [-0.2, -0.15) is 0 Å². The largest absolute Gasteiger partial charge is 0.460 e. The van der Waals surface area contributed by atoms with Crippen LogP contribution in [-0.2, 0) is 71.5 Å². The molecule has 55 heavy (non-hydrogen) atoms. The lowest BCUT2D eigenvalue weighted by molar-refractivity contribution is -0.168. The van der Waals surface area contributed by atoms with Crippen molar-refractivity contribution in [1.82, 2.24) is 0 Å². The second-order valence-corrected chi connectivity index (χ2v) is 16.4. The van der Waals surface area contributed by atoms with Crippen LogP contribution in [0.5, 0.6) is 0 Å². The van der Waals surface area contributed by atoms with Gasteiger partial charge in [0.05, 0.1) is 30.5 Å². The van der Waals surface area contributed by atoms with Gasteiger partial charge in [-0.05, 0) is 65.2 Å². The Morgan fingerprint density at radius 3 is 1.40 bits per heavy atom. The van der Waals surface area contributed by atoms with Crippen molar-refractivity contribution >= 4 is 41.8 Å². The Labute approximate surface area is 318 Å². The average Bonchev–Trinajstić information content (AvgIpc) is 4.01. The van der Waals surface area contributed by atoms with E-state index in [9.17, 15) is 33.6 Å². The van der Waals surface area contributed by atoms with Crippen molar-refractivity contribution in [2.45, 2.75) is 95.9 Å². The molecule has 3 aliphatic heterocycles. The number of rotatable bonds is 11. The van der Waals surface area contributed by atoms with Gasteiger partial charge >= 0.3 is 41.8 Å². The molecule has 0 aromatic heterocycles. The SMILES string of the molecule is C=C(C)C(=O)OC1C2CC3C(=O)OC1C3C2.C=C(C)C(=O)OCC(=O)OC1C2CC3C(=O)OC1C3C2.C=C(C)C(=O)OCCOC1C2CC3C(=O)OC1C3C2. The molecule has 9 aliphatic rings. The van der Waals surface area contributed by atoms with Gasteiger partial charge in [-0.3, -0.25) is 14.4 Å². The number of fused-ring (bicyclic) bond motifs is 3. The van der Waals surface area contributed by atoms with Crippen LogP contribution in [-0.4, -0.2) is 98.2 Å². The Morgan fingerprint density at radius 1 is 0.545 bits per heavy atom. The fourth-order valence-corrected chi connectivity index (χ4v) is 10.4. The third-order valence-corrected chi connectivity index (χ3v) is 12.7. The molecule has 6 saturated carbocycles. The quantitative estimate of drug-likeness (QED) is 0.129. The molecule has 6 aliphatic carbocycles. The molecular weight excluding hydrogens is 720 g/mol. The lowest BCUT2D eigenvalue weighted by atomic mass is 9.88. The molecule has 6 bridgehead atoms. The molecule has 15 atom stereocenters. The van der Waals surface area contributed by atoms with Crippen molar-refractivity contribution in [3.05, 3.63) is 36.5 Å². The third kappa shape index (κ3) is 7.31. The first-order chi connectivity index (χ1) is 26.1. The smallest absolute Gasteiger partial charge is 0.344 e. The number of esters is 7. The predicted octanol–water partition coefficient (Wildman–Crippen LogP) is 2.73. The molecule has 0 N–H and O–H groups in total. The van der Waals surface area contributed by atoms with Gasteiger partial charge in [-0.1, -0.05) is 19.7 Å². The minimum atomic E-state index is -0.623. The van der Waals surface area contributed by atoms with Crippen molar-refractivity contribution in [2.75, 3.05) is 19.8 Å². The van der Waals surface area contributed by atoms with Gasteiger partial charge in [0.25, 0.3) is 0 Å². The molecule has 9 rings (SSSR count). The summed E-state index contributed by atoms with van der Waals surface area (Å²) in [6.07, 6.45) is 4.04. The van der Waals surface area contributed by atoms with Gasteiger partial charge in [0, 0.05) is 46.3 Å². The lowest BCUT2D eigenvalue weighted by Gasteiger charge is -2.25. The molecular formula is C40H48O15. The molecule has 3 saturated heterocycles. The standard InChI is InChI=1S/C14H16O6.C14H18O5.C12H14O4/c1-6(2)13(16)18-5-10(15)19-11-7-3-8-9(4-7)14(17)20-12(8)11;1-7(2)13(15)18-4-3-17-11-8-5-9-10(6-8)14(16)19-12(9)11;1-5(2)11(13)15-9-6-3-7-8(4-6)12(14)16-10(7)9/h7-9,11-12H,1,3-5H2,2H3;8-12H,1,3-6H2,2H3;6-10H,1,3-4H2,2H3. The molecule has 0 radical (unpaired) electrons. The maximum atomic E-state index is 11.7. The Morgan fingerprint density at radius 2 is 0.945 bits per heavy atom. The normalized spacial score (nSPS) is 39.2. The van der Waals surface area contributed by atoms with E-state index in [1.54, 1.807) is 13.8 Å². The van der Waals surface area contributed by atoms with Gasteiger partial charge < -0.3 is 37.9 Å². The zero-order valence-electron chi connectivity index (χ0n) is 31.3. The highest BCUT2D eigenvalue weighted by molar-refractivity contribution is 5.89. The first-order valence-corrected chi connectivity index (χ1v) is 19.1. The van der Waals surface area contributed by atoms with Gasteiger partial charge in [0.15, 0.2) is 6.61 Å². The number of ether oxygens (including phenoxy) is 8. The lowest BCUT2D eigenvalue weighted by Crippen LogP contribution is -2.37. The zero-order chi connectivity index (χ0) is 39.5. The van der Waals surface area contributed by atoms with E-state index in [1.807, 2.05) is 0 Å². The molecule has 15 unspecified atom stereocenters. The zero-order valence-corrected chi connectivity index (χ0v) is 31.3. The first kappa shape index (κ1) is 38.7. The molecule has 3 heterocycles. The van der Waals surface area contributed by atoms with Crippen molar-refractivity contribution in [2.24, 2.45) is 53.3 Å². The monoisotopic (exact) mass is 768 g/mol. The Balaban J connectivity index is 0.000000128. The summed E-state index contributed by atoms with van der Waals surface area (Å²) in [5, 5.41) is 0. The van der Waals surface area contributed by atoms with Crippen molar-refractivity contribution < 1.29 is 71.5 Å². The summed E-state index contributed by atoms with van der Waals surface area (Å²) in [7, 11) is 0. The van der Waals surface area contributed by atoms with Gasteiger partial charge in [-0.25, -0.2) is 19.2 Å². The molecule has 0 amide bonds. The molecule has 298 valence electrons. The van der Waals surface area contributed by atoms with E-state index >= 15 is 0 Å². The fourth-order valence-electron chi connectivity index (χ4n) is 10.4. The van der Waals surface area contributed by atoms with Gasteiger partial charge in [-0.15, -0.1) is 0 Å². The molecule has 0 aromatic rings. The third-order valence-electron chi connectivity index (χ3n) is 12.7. The van der Waals surface area contributed by atoms with E-state index in [0.717, 1.165) is 38.5 Å². The highest BCUT2D eigenvalue weighted by atomic mass is 16.6. The number of carbonyl (C=O) groups is 7. The van der Waals surface area contributed by atoms with Crippen LogP contribution in [0.4, 0.5) is 0 Å². The Bertz CT molecular complexity index is 1700. The van der Waals surface area contributed by atoms with Crippen LogP contribution in [0.2, 0.25) is 0 Å². The minimum Gasteiger partial charge on any atom is -0.460 e. The maximum Gasteiger partial charge on any atom is 0.344 e. The molecule has 15 heteroatoms. The van der Waals surface area contributed by atoms with E-state index in [0.29, 0.717) is 35.5 Å². The Hall–Kier alpha value is -4.53. The van der Waals surface area contributed by atoms with Crippen molar-refractivity contribution in [3.63, 3.8) is 0 Å². The van der Waals surface area contributed by atoms with E-state index in [4.69, 9.17) is 37.9 Å². The summed E-state index contributed by atoms with van der Waals surface area (Å²) < 4.78 is 42.1. The van der Waals surface area contributed by atoms with Crippen LogP contribution in [0.25, 0.3) is 0 Å². The average molecular weight is 769 g/mol. The maximum absolute atomic E-state index is 11.7. The molecule has 0 spiro atoms. The fraction of sp³-hybridized carbons (Fsp3) is 0.675. The van der Waals surface area contributed by atoms with Crippen molar-refractivity contribution in [3.8, 4) is 0 Å². The topological polar surface area (TPSA) is 193 Å². The van der Waals surface area contributed by atoms with Crippen molar-refractivity contribution in [1.29, 1.82) is 0 Å². The van der Waals surface area contributed by atoms with E-state index < -0.39 is 30.6 Å². The second-order valence-electron chi connectivity index (χ2n) is 16.4. The summed E-state index contributed by atoms with van der Waals surface area (Å²) in [6, 6.07) is 0. The summed E-state index contributed by atoms with van der Waals surface area (Å²) in [5.74, 6) is -0.477. The van der Waals surface area contributed by atoms with E-state index in [1.165, 1.54) is 6.92 Å². The Kier molecular flexibility index (Phi) is 10.7. The van der Waals surface area contributed by atoms with E-state index in [2.05, 4.69) is 19.7 Å². The van der Waals surface area contributed by atoms with Crippen LogP contribution < -0.4 is 0 Å². The van der Waals surface area contributed by atoms with E-state index in [-0.39, 0.29) is 102 Å². The minimum absolute atomic E-state index is 0.0128. The summed E-state index contributed by atoms with van der Waals surface area (Å²) in [6.45, 7) is 15.3. The summed E-state index contributed by atoms with van der Waals surface area (Å²) in [5.41, 5.74) is 1.00. The van der Waals surface area contributed by atoms with Crippen LogP contribution >= 0.6 is 0 Å². The molecule has 9 fully saturated rings. The molecule has 0 aromatic carbocycles. The van der Waals surface area contributed by atoms with Crippen LogP contribution in [0.15, 0.2) is 36.5 Å². The van der Waals surface area contributed by atoms with Crippen LogP contribution in [0.1, 0.15) is 59.3 Å². The highest BCUT2D eigenvalue weighted by Crippen LogP contribution is 2.57. The first-order valence-electron chi connectivity index (χ1n) is 19.1. The second kappa shape index (κ2) is 15.2. The van der Waals surface area contributed by atoms with Gasteiger partial charge in [0.1, 0.15) is 37.1 Å². The van der Waals surface area contributed by atoms with Crippen LogP contribution in [0, 0.1) is 53.3 Å². The molecule has 15 nitrogen and oxygen atoms in total. The number of carbonyl (C=O) groups excluding carboxylic acids is 7. The summed E-state index contributed by atoms with van der Waals surface area (Å²) >= 11 is 0.